The minimum Gasteiger partial charge on any atom is -0.598 e. The molecule has 0 aromatic rings. The van der Waals surface area contributed by atoms with E-state index in [1.54, 1.807) is 0 Å². The predicted molar refractivity (Wildman–Crippen MR) is 27.1 cm³/mol. The summed E-state index contributed by atoms with van der Waals surface area (Å²) in [4.78, 5) is 17.0. The van der Waals surface area contributed by atoms with E-state index in [2.05, 4.69) is 15.9 Å². The second kappa shape index (κ2) is 22.4. The van der Waals surface area contributed by atoms with Crippen LogP contribution >= 0.6 is 24.2 Å². The number of halogens is 1. The minimum atomic E-state index is -3.37. The first-order chi connectivity index (χ1) is 3.15. The molecule has 0 aromatic heterocycles. The van der Waals surface area contributed by atoms with Gasteiger partial charge in [0, 0.05) is 5.33 Å². The van der Waals surface area contributed by atoms with Crippen LogP contribution < -0.4 is 68.9 Å². The standard InChI is InChI=1S/C2H5Br.2Na.HO3P/c1-2-3;;;1-4(2)3/h2H2,1H3;;;(H,1,2,3)/q;2*+1;/p-1. The van der Waals surface area contributed by atoms with E-state index in [0.29, 0.717) is 0 Å². The molecule has 9 heavy (non-hydrogen) atoms. The van der Waals surface area contributed by atoms with Crippen LogP contribution in [-0.4, -0.2) is 5.33 Å². The van der Waals surface area contributed by atoms with Gasteiger partial charge in [-0.25, -0.2) is 0 Å². The zero-order valence-corrected chi connectivity index (χ0v) is 12.2. The molecule has 0 amide bonds. The topological polar surface area (TPSA) is 63.2 Å². The second-order valence-corrected chi connectivity index (χ2v) is 2.06. The smallest absolute Gasteiger partial charge is 0.598 e. The first-order valence-corrected chi connectivity index (χ1v) is 3.74. The summed E-state index contributed by atoms with van der Waals surface area (Å²) in [7, 11) is -3.37. The van der Waals surface area contributed by atoms with Crippen molar-refractivity contribution in [2.24, 2.45) is 0 Å². The average Bonchev–Trinajstić information content (AvgIpc) is 1.33. The minimum absolute atomic E-state index is 0. The van der Waals surface area contributed by atoms with Crippen molar-refractivity contribution in [3.63, 3.8) is 0 Å². The SMILES string of the molecule is CCBr.O=[P+]([O-])[O-].[Na+].[Na+]. The molecule has 0 aliphatic carbocycles. The molecule has 0 bridgehead atoms. The van der Waals surface area contributed by atoms with Gasteiger partial charge in [-0.1, -0.05) is 27.4 Å². The van der Waals surface area contributed by atoms with E-state index in [0.717, 1.165) is 5.33 Å². The summed E-state index contributed by atoms with van der Waals surface area (Å²) in [6.07, 6.45) is 0. The fourth-order valence-corrected chi connectivity index (χ4v) is 0. The monoisotopic (exact) mass is 233 g/mol. The van der Waals surface area contributed by atoms with Crippen LogP contribution in [0.4, 0.5) is 0 Å². The van der Waals surface area contributed by atoms with Crippen LogP contribution in [0, 0.1) is 0 Å². The Kier molecular flexibility index (Phi) is 56.2. The molecule has 0 aliphatic rings. The summed E-state index contributed by atoms with van der Waals surface area (Å²) in [5.74, 6) is 0. The quantitative estimate of drug-likeness (QED) is 0.238. The van der Waals surface area contributed by atoms with Crippen molar-refractivity contribution in [2.75, 3.05) is 5.33 Å². The molecule has 0 aliphatic heterocycles. The van der Waals surface area contributed by atoms with E-state index in [1.165, 1.54) is 0 Å². The Morgan fingerprint density at radius 2 is 1.44 bits per heavy atom. The van der Waals surface area contributed by atoms with Gasteiger partial charge in [-0.05, 0) is 0 Å². The fraction of sp³-hybridized carbons (Fsp3) is 1.00. The summed E-state index contributed by atoms with van der Waals surface area (Å²) in [6, 6.07) is 0. The van der Waals surface area contributed by atoms with Crippen molar-refractivity contribution in [3.05, 3.63) is 0 Å². The molecule has 3 nitrogen and oxygen atoms in total. The van der Waals surface area contributed by atoms with Gasteiger partial charge in [0.15, 0.2) is 0 Å². The van der Waals surface area contributed by atoms with Gasteiger partial charge in [0.2, 0.25) is 0 Å². The molecule has 44 valence electrons. The number of hydrogen-bond acceptors (Lipinski definition) is 3. The molecule has 0 saturated heterocycles. The van der Waals surface area contributed by atoms with Gasteiger partial charge >= 0.3 is 59.1 Å². The first kappa shape index (κ1) is 22.5. The Morgan fingerprint density at radius 3 is 1.44 bits per heavy atom. The van der Waals surface area contributed by atoms with Crippen molar-refractivity contribution in [1.82, 2.24) is 0 Å². The Labute approximate surface area is 108 Å². The molecule has 0 radical (unpaired) electrons. The molecule has 0 N–H and O–H groups in total. The zero-order chi connectivity index (χ0) is 6.28. The molecule has 0 aromatic carbocycles. The van der Waals surface area contributed by atoms with E-state index in [1.807, 2.05) is 6.92 Å². The Bertz CT molecular complexity index is 51.1. The Hall–Kier alpha value is 2.50. The largest absolute Gasteiger partial charge is 1.00 e. The van der Waals surface area contributed by atoms with Gasteiger partial charge in [0.25, 0.3) is 8.25 Å². The van der Waals surface area contributed by atoms with Crippen molar-refractivity contribution in [3.8, 4) is 0 Å². The third-order valence-corrected chi connectivity index (χ3v) is 0. The van der Waals surface area contributed by atoms with Crippen molar-refractivity contribution < 1.29 is 73.5 Å². The van der Waals surface area contributed by atoms with E-state index in [9.17, 15) is 0 Å². The molecule has 0 spiro atoms. The maximum Gasteiger partial charge on any atom is 1.00 e. The zero-order valence-electron chi connectivity index (χ0n) is 5.76. The maximum absolute atomic E-state index is 8.48. The van der Waals surface area contributed by atoms with Crippen LogP contribution in [0.5, 0.6) is 0 Å². The van der Waals surface area contributed by atoms with Gasteiger partial charge in [0.1, 0.15) is 0 Å². The molecule has 0 fully saturated rings. The van der Waals surface area contributed by atoms with Crippen LogP contribution in [0.3, 0.4) is 0 Å². The second-order valence-electron chi connectivity index (χ2n) is 0.491. The van der Waals surface area contributed by atoms with Crippen LogP contribution in [0.15, 0.2) is 0 Å². The molecule has 0 atom stereocenters. The summed E-state index contributed by atoms with van der Waals surface area (Å²) in [5, 5.41) is 1.06. The Morgan fingerprint density at radius 1 is 1.44 bits per heavy atom. The number of alkyl halides is 1. The summed E-state index contributed by atoms with van der Waals surface area (Å²) < 4.78 is 8.48. The average molecular weight is 234 g/mol. The van der Waals surface area contributed by atoms with Crippen LogP contribution in [0.2, 0.25) is 0 Å². The van der Waals surface area contributed by atoms with Gasteiger partial charge in [-0.3, -0.25) is 0 Å². The third kappa shape index (κ3) is 121. The van der Waals surface area contributed by atoms with E-state index in [-0.39, 0.29) is 59.1 Å². The van der Waals surface area contributed by atoms with Gasteiger partial charge in [-0.2, -0.15) is 0 Å². The molecule has 0 rings (SSSR count). The summed E-state index contributed by atoms with van der Waals surface area (Å²) in [6.45, 7) is 2.04. The molecular weight excluding hydrogens is 229 g/mol. The van der Waals surface area contributed by atoms with E-state index >= 15 is 0 Å². The third-order valence-electron chi connectivity index (χ3n) is 0. The molecule has 0 unspecified atom stereocenters. The predicted octanol–water partition coefficient (Wildman–Crippen LogP) is -6.23. The van der Waals surface area contributed by atoms with Crippen LogP contribution in [-0.2, 0) is 4.57 Å². The normalized spacial score (nSPS) is 4.89. The van der Waals surface area contributed by atoms with E-state index in [4.69, 9.17) is 14.4 Å². The van der Waals surface area contributed by atoms with Gasteiger partial charge < -0.3 is 9.79 Å². The van der Waals surface area contributed by atoms with E-state index < -0.39 is 8.25 Å². The number of rotatable bonds is 0. The van der Waals surface area contributed by atoms with Crippen molar-refractivity contribution in [2.45, 2.75) is 6.92 Å². The molecule has 0 heterocycles. The first-order valence-electron chi connectivity index (χ1n) is 1.52. The van der Waals surface area contributed by atoms with Gasteiger partial charge in [0.05, 0.1) is 0 Å². The summed E-state index contributed by atoms with van der Waals surface area (Å²) >= 11 is 3.15. The maximum atomic E-state index is 8.48. The molecular formula is C2H5BrNa2O3P+. The Balaban J connectivity index is -0.0000000233. The van der Waals surface area contributed by atoms with Crippen LogP contribution in [0.1, 0.15) is 6.92 Å². The fourth-order valence-electron chi connectivity index (χ4n) is 0. The molecule has 0 saturated carbocycles. The number of hydrogen-bond donors (Lipinski definition) is 0. The molecule has 7 heteroatoms. The van der Waals surface area contributed by atoms with Crippen molar-refractivity contribution in [1.29, 1.82) is 0 Å². The van der Waals surface area contributed by atoms with Gasteiger partial charge in [-0.15, -0.1) is 0 Å². The van der Waals surface area contributed by atoms with Crippen molar-refractivity contribution >= 4 is 24.2 Å². The van der Waals surface area contributed by atoms with Crippen LogP contribution in [0.25, 0.3) is 0 Å². The summed E-state index contributed by atoms with van der Waals surface area (Å²) in [5.41, 5.74) is 0.